The molecule has 0 aliphatic carbocycles. The van der Waals surface area contributed by atoms with Gasteiger partial charge in [-0.3, -0.25) is 0 Å². The van der Waals surface area contributed by atoms with E-state index in [1.807, 2.05) is 0 Å². The molecule has 114 valence electrons. The number of hydrogen-bond acceptors (Lipinski definition) is 7. The average Bonchev–Trinajstić information content (AvgIpc) is 2.36. The molecular weight excluding hydrogens is 301 g/mol. The molecule has 0 saturated carbocycles. The SMILES string of the molecule is CN(CCNCC(O)C(F)(F)F)c1nnc(Cl)c(N)n1. The third kappa shape index (κ3) is 4.94. The quantitative estimate of drug-likeness (QED) is 0.638. The van der Waals surface area contributed by atoms with Gasteiger partial charge < -0.3 is 21.1 Å². The Labute approximate surface area is 117 Å². The molecule has 1 unspecified atom stereocenters. The molecule has 0 spiro atoms. The lowest BCUT2D eigenvalue weighted by Gasteiger charge is -2.18. The third-order valence-corrected chi connectivity index (χ3v) is 2.61. The largest absolute Gasteiger partial charge is 0.415 e. The maximum Gasteiger partial charge on any atom is 0.415 e. The highest BCUT2D eigenvalue weighted by atomic mass is 35.5. The lowest BCUT2D eigenvalue weighted by molar-refractivity contribution is -0.201. The predicted octanol–water partition coefficient (Wildman–Crippen LogP) is 0.0562. The van der Waals surface area contributed by atoms with Gasteiger partial charge in [-0.2, -0.15) is 18.2 Å². The van der Waals surface area contributed by atoms with Crippen molar-refractivity contribution in [1.82, 2.24) is 20.5 Å². The molecule has 1 atom stereocenters. The Bertz CT molecular complexity index is 446. The molecule has 0 saturated heterocycles. The van der Waals surface area contributed by atoms with E-state index >= 15 is 0 Å². The number of nitrogen functional groups attached to an aromatic ring is 1. The summed E-state index contributed by atoms with van der Waals surface area (Å²) >= 11 is 5.56. The minimum atomic E-state index is -4.63. The van der Waals surface area contributed by atoms with E-state index in [2.05, 4.69) is 20.5 Å². The van der Waals surface area contributed by atoms with Gasteiger partial charge in [0.15, 0.2) is 17.1 Å². The van der Waals surface area contributed by atoms with E-state index in [9.17, 15) is 13.2 Å². The summed E-state index contributed by atoms with van der Waals surface area (Å²) in [6.07, 6.45) is -7.02. The van der Waals surface area contributed by atoms with E-state index in [1.54, 1.807) is 7.05 Å². The van der Waals surface area contributed by atoms with Crippen molar-refractivity contribution in [2.45, 2.75) is 12.3 Å². The van der Waals surface area contributed by atoms with Crippen LogP contribution in [0.15, 0.2) is 0 Å². The zero-order valence-electron chi connectivity index (χ0n) is 10.5. The number of aromatic nitrogens is 3. The topological polar surface area (TPSA) is 100 Å². The lowest BCUT2D eigenvalue weighted by atomic mass is 10.3. The van der Waals surface area contributed by atoms with Gasteiger partial charge in [0, 0.05) is 26.7 Å². The van der Waals surface area contributed by atoms with Gasteiger partial charge in [0.1, 0.15) is 0 Å². The van der Waals surface area contributed by atoms with Gasteiger partial charge in [-0.25, -0.2) is 0 Å². The number of rotatable bonds is 6. The van der Waals surface area contributed by atoms with Crippen LogP contribution in [0.5, 0.6) is 0 Å². The highest BCUT2D eigenvalue weighted by Crippen LogP contribution is 2.19. The number of nitrogens with two attached hydrogens (primary N) is 1. The minimum Gasteiger partial charge on any atom is -0.382 e. The molecule has 0 amide bonds. The van der Waals surface area contributed by atoms with E-state index < -0.39 is 18.8 Å². The first-order chi connectivity index (χ1) is 9.21. The van der Waals surface area contributed by atoms with Gasteiger partial charge in [0.05, 0.1) is 0 Å². The molecule has 1 aromatic rings. The fourth-order valence-corrected chi connectivity index (χ4v) is 1.26. The number of nitrogens with one attached hydrogen (secondary N) is 1. The lowest BCUT2D eigenvalue weighted by Crippen LogP contribution is -2.40. The van der Waals surface area contributed by atoms with Gasteiger partial charge >= 0.3 is 6.18 Å². The Kier molecular flexibility index (Phi) is 5.72. The first-order valence-electron chi connectivity index (χ1n) is 5.54. The number of halogens is 4. The molecule has 1 aromatic heterocycles. The van der Waals surface area contributed by atoms with Crippen LogP contribution in [-0.2, 0) is 0 Å². The summed E-state index contributed by atoms with van der Waals surface area (Å²) in [6, 6.07) is 0. The Balaban J connectivity index is 2.37. The third-order valence-electron chi connectivity index (χ3n) is 2.34. The molecule has 0 aliphatic heterocycles. The van der Waals surface area contributed by atoms with Crippen molar-refractivity contribution < 1.29 is 18.3 Å². The Morgan fingerprint density at radius 2 is 2.10 bits per heavy atom. The second-order valence-corrected chi connectivity index (χ2v) is 4.33. The molecule has 20 heavy (non-hydrogen) atoms. The van der Waals surface area contributed by atoms with E-state index in [0.29, 0.717) is 6.54 Å². The van der Waals surface area contributed by atoms with Crippen molar-refractivity contribution in [2.24, 2.45) is 0 Å². The Hall–Kier alpha value is -1.39. The van der Waals surface area contributed by atoms with Crippen LogP contribution in [0.4, 0.5) is 24.9 Å². The van der Waals surface area contributed by atoms with Crippen molar-refractivity contribution in [2.75, 3.05) is 37.3 Å². The molecule has 0 aromatic carbocycles. The highest BCUT2D eigenvalue weighted by Gasteiger charge is 2.37. The molecule has 11 heteroatoms. The molecule has 4 N–H and O–H groups in total. The van der Waals surface area contributed by atoms with Crippen LogP contribution >= 0.6 is 11.6 Å². The van der Waals surface area contributed by atoms with Crippen LogP contribution in [-0.4, -0.2) is 59.3 Å². The van der Waals surface area contributed by atoms with Gasteiger partial charge in [-0.05, 0) is 0 Å². The monoisotopic (exact) mass is 314 g/mol. The number of anilines is 2. The summed E-state index contributed by atoms with van der Waals surface area (Å²) in [7, 11) is 1.62. The van der Waals surface area contributed by atoms with E-state index in [0.717, 1.165) is 0 Å². The van der Waals surface area contributed by atoms with Crippen LogP contribution in [0, 0.1) is 0 Å². The highest BCUT2D eigenvalue weighted by molar-refractivity contribution is 6.31. The zero-order chi connectivity index (χ0) is 15.3. The van der Waals surface area contributed by atoms with Crippen LogP contribution in [0.1, 0.15) is 0 Å². The van der Waals surface area contributed by atoms with Crippen molar-refractivity contribution in [1.29, 1.82) is 0 Å². The summed E-state index contributed by atoms with van der Waals surface area (Å²) in [4.78, 5) is 5.40. The van der Waals surface area contributed by atoms with Crippen molar-refractivity contribution in [3.63, 3.8) is 0 Å². The maximum absolute atomic E-state index is 12.0. The molecule has 1 heterocycles. The van der Waals surface area contributed by atoms with E-state index in [4.69, 9.17) is 22.4 Å². The molecule has 0 radical (unpaired) electrons. The number of likely N-dealkylation sites (N-methyl/N-ethyl adjacent to an activating group) is 1. The van der Waals surface area contributed by atoms with E-state index in [-0.39, 0.29) is 23.5 Å². The van der Waals surface area contributed by atoms with Crippen LogP contribution in [0.25, 0.3) is 0 Å². The molecule has 0 bridgehead atoms. The van der Waals surface area contributed by atoms with Gasteiger partial charge in [-0.1, -0.05) is 11.6 Å². The second kappa shape index (κ2) is 6.86. The normalized spacial score (nSPS) is 13.3. The maximum atomic E-state index is 12.0. The number of alkyl halides is 3. The zero-order valence-corrected chi connectivity index (χ0v) is 11.3. The molecule has 1 rings (SSSR count). The first-order valence-corrected chi connectivity index (χ1v) is 5.92. The van der Waals surface area contributed by atoms with Crippen molar-refractivity contribution in [3.8, 4) is 0 Å². The number of nitrogens with zero attached hydrogens (tertiary/aromatic N) is 4. The summed E-state index contributed by atoms with van der Waals surface area (Å²) < 4.78 is 36.1. The second-order valence-electron chi connectivity index (χ2n) is 3.97. The molecule has 0 fully saturated rings. The smallest absolute Gasteiger partial charge is 0.382 e. The van der Waals surface area contributed by atoms with Gasteiger partial charge in [0.2, 0.25) is 5.95 Å². The van der Waals surface area contributed by atoms with Crippen molar-refractivity contribution in [3.05, 3.63) is 5.15 Å². The van der Waals surface area contributed by atoms with Crippen LogP contribution in [0.3, 0.4) is 0 Å². The fraction of sp³-hybridized carbons (Fsp3) is 0.667. The summed E-state index contributed by atoms with van der Waals surface area (Å²) in [5.41, 5.74) is 5.45. The first kappa shape index (κ1) is 16.7. The molecule has 0 aliphatic rings. The predicted molar refractivity (Wildman–Crippen MR) is 67.5 cm³/mol. The summed E-state index contributed by atoms with van der Waals surface area (Å²) in [5, 5.41) is 18.5. The average molecular weight is 315 g/mol. The number of hydrogen-bond donors (Lipinski definition) is 3. The van der Waals surface area contributed by atoms with Crippen LogP contribution in [0.2, 0.25) is 5.15 Å². The summed E-state index contributed by atoms with van der Waals surface area (Å²) in [5.74, 6) is 0.217. The van der Waals surface area contributed by atoms with E-state index in [1.165, 1.54) is 4.90 Å². The molecule has 7 nitrogen and oxygen atoms in total. The number of aliphatic hydroxyl groups excluding tert-OH is 1. The standard InChI is InChI=1S/C9H14ClF3N6O/c1-19(8-16-7(14)6(10)17-18-8)3-2-15-4-5(20)9(11,12)13/h5,15,20H,2-4H2,1H3,(H2,14,16,18). The van der Waals surface area contributed by atoms with Gasteiger partial charge in [0.25, 0.3) is 0 Å². The molecular formula is C9H14ClF3N6O. The Morgan fingerprint density at radius 3 is 2.65 bits per heavy atom. The van der Waals surface area contributed by atoms with Crippen molar-refractivity contribution >= 4 is 23.4 Å². The Morgan fingerprint density at radius 1 is 1.45 bits per heavy atom. The summed E-state index contributed by atoms with van der Waals surface area (Å²) in [6.45, 7) is -0.0952. The van der Waals surface area contributed by atoms with Gasteiger partial charge in [-0.15, -0.1) is 10.2 Å². The fourth-order valence-electron chi connectivity index (χ4n) is 1.18. The van der Waals surface area contributed by atoms with Crippen LogP contribution < -0.4 is 16.0 Å². The minimum absolute atomic E-state index is 0.0176. The number of aliphatic hydroxyl groups is 1.